The number of ether oxygens (including phenoxy) is 2. The monoisotopic (exact) mass is 511 g/mol. The minimum absolute atomic E-state index is 0.210. The van der Waals surface area contributed by atoms with Gasteiger partial charge in [-0.05, 0) is 69.5 Å². The number of carbonyl (C=O) groups excluding carboxylic acids is 1. The second kappa shape index (κ2) is 9.58. The molecule has 0 aromatic heterocycles. The standard InChI is InChI=1S/C24H34ClN3O5S/c1-26-11-2-12-27(14-13-26)23(29)33-24(9-10-24)22-17-32-16-20(15-18-3-4-18)28(22)34(30,31)21-7-5-19(25)6-8-21/h5-8,18,20,22H,2-4,9-17H2,1H3/t20-,22-/m1/s1. The molecule has 1 aromatic rings. The molecule has 2 aliphatic heterocycles. The third kappa shape index (κ3) is 5.09. The quantitative estimate of drug-likeness (QED) is 0.583. The van der Waals surface area contributed by atoms with E-state index >= 15 is 0 Å². The maximum absolute atomic E-state index is 13.9. The Hall–Kier alpha value is -1.39. The minimum Gasteiger partial charge on any atom is -0.441 e. The highest BCUT2D eigenvalue weighted by Crippen LogP contribution is 2.49. The molecule has 34 heavy (non-hydrogen) atoms. The number of morpholine rings is 1. The summed E-state index contributed by atoms with van der Waals surface area (Å²) < 4.78 is 41.6. The lowest BCUT2D eigenvalue weighted by Crippen LogP contribution is -2.61. The number of hydrogen-bond donors (Lipinski definition) is 0. The molecule has 1 amide bonds. The summed E-state index contributed by atoms with van der Waals surface area (Å²) in [6, 6.07) is 5.50. The van der Waals surface area contributed by atoms with Crippen LogP contribution in [0.2, 0.25) is 5.02 Å². The van der Waals surface area contributed by atoms with E-state index < -0.39 is 21.7 Å². The van der Waals surface area contributed by atoms with Gasteiger partial charge in [0.2, 0.25) is 10.0 Å². The number of carbonyl (C=O) groups is 1. The Balaban J connectivity index is 1.41. The lowest BCUT2D eigenvalue weighted by atomic mass is 10.0. The predicted molar refractivity (Wildman–Crippen MR) is 128 cm³/mol. The van der Waals surface area contributed by atoms with Crippen molar-refractivity contribution < 1.29 is 22.7 Å². The Morgan fingerprint density at radius 3 is 2.53 bits per heavy atom. The first-order valence-corrected chi connectivity index (χ1v) is 14.1. The van der Waals surface area contributed by atoms with E-state index in [1.54, 1.807) is 33.5 Å². The van der Waals surface area contributed by atoms with E-state index in [2.05, 4.69) is 11.9 Å². The average molecular weight is 512 g/mol. The van der Waals surface area contributed by atoms with Crippen LogP contribution < -0.4 is 0 Å². The molecule has 0 unspecified atom stereocenters. The van der Waals surface area contributed by atoms with Gasteiger partial charge in [-0.15, -0.1) is 0 Å². The maximum Gasteiger partial charge on any atom is 0.410 e. The summed E-state index contributed by atoms with van der Waals surface area (Å²) in [5.74, 6) is 0.530. The van der Waals surface area contributed by atoms with Gasteiger partial charge in [-0.1, -0.05) is 24.4 Å². The minimum atomic E-state index is -3.83. The van der Waals surface area contributed by atoms with Crippen molar-refractivity contribution in [2.24, 2.45) is 5.92 Å². The number of amides is 1. The zero-order chi connectivity index (χ0) is 23.9. The van der Waals surface area contributed by atoms with Gasteiger partial charge in [0.05, 0.1) is 24.2 Å². The van der Waals surface area contributed by atoms with E-state index in [-0.39, 0.29) is 23.6 Å². The highest BCUT2D eigenvalue weighted by atomic mass is 35.5. The molecule has 5 rings (SSSR count). The van der Waals surface area contributed by atoms with Crippen LogP contribution >= 0.6 is 11.6 Å². The molecular weight excluding hydrogens is 478 g/mol. The lowest BCUT2D eigenvalue weighted by molar-refractivity contribution is -0.0734. The predicted octanol–water partition coefficient (Wildman–Crippen LogP) is 3.20. The number of benzene rings is 1. The highest BCUT2D eigenvalue weighted by Gasteiger charge is 2.60. The van der Waals surface area contributed by atoms with Crippen molar-refractivity contribution in [1.29, 1.82) is 0 Å². The molecular formula is C24H34ClN3O5S. The van der Waals surface area contributed by atoms with Crippen LogP contribution in [0.1, 0.15) is 38.5 Å². The Kier molecular flexibility index (Phi) is 6.85. The number of hydrogen-bond acceptors (Lipinski definition) is 6. The molecule has 4 fully saturated rings. The fraction of sp³-hybridized carbons (Fsp3) is 0.708. The van der Waals surface area contributed by atoms with E-state index in [4.69, 9.17) is 21.1 Å². The van der Waals surface area contributed by atoms with Gasteiger partial charge >= 0.3 is 6.09 Å². The molecule has 2 atom stereocenters. The molecule has 0 N–H and O–H groups in total. The van der Waals surface area contributed by atoms with Crippen LogP contribution in [-0.2, 0) is 19.5 Å². The van der Waals surface area contributed by atoms with Crippen LogP contribution in [-0.4, -0.2) is 92.7 Å². The Labute approximate surface area is 207 Å². The van der Waals surface area contributed by atoms with Gasteiger partial charge in [-0.25, -0.2) is 13.2 Å². The molecule has 0 bridgehead atoms. The molecule has 2 aliphatic carbocycles. The molecule has 0 radical (unpaired) electrons. The smallest absolute Gasteiger partial charge is 0.410 e. The van der Waals surface area contributed by atoms with Crippen molar-refractivity contribution in [3.05, 3.63) is 29.3 Å². The fourth-order valence-electron chi connectivity index (χ4n) is 5.20. The number of nitrogens with zero attached hydrogens (tertiary/aromatic N) is 3. The van der Waals surface area contributed by atoms with Crippen LogP contribution in [0.4, 0.5) is 4.79 Å². The molecule has 2 heterocycles. The SMILES string of the molecule is CN1CCCN(C(=O)OC2([C@H]3COC[C@@H](CC4CC4)N3S(=O)(=O)c3ccc(Cl)cc3)CC2)CC1. The molecule has 10 heteroatoms. The van der Waals surface area contributed by atoms with Crippen LogP contribution in [0.3, 0.4) is 0 Å². The van der Waals surface area contributed by atoms with Crippen molar-refractivity contribution >= 4 is 27.7 Å². The summed E-state index contributed by atoms with van der Waals surface area (Å²) >= 11 is 6.02. The summed E-state index contributed by atoms with van der Waals surface area (Å²) in [5, 5.41) is 0.489. The Morgan fingerprint density at radius 1 is 1.12 bits per heavy atom. The van der Waals surface area contributed by atoms with Crippen LogP contribution in [0, 0.1) is 5.92 Å². The van der Waals surface area contributed by atoms with Gasteiger partial charge in [0.25, 0.3) is 0 Å². The van der Waals surface area contributed by atoms with Gasteiger partial charge in [0.1, 0.15) is 5.60 Å². The summed E-state index contributed by atoms with van der Waals surface area (Å²) in [7, 11) is -1.78. The van der Waals surface area contributed by atoms with E-state index in [9.17, 15) is 13.2 Å². The van der Waals surface area contributed by atoms with E-state index in [1.165, 1.54) is 0 Å². The fourth-order valence-corrected chi connectivity index (χ4v) is 7.17. The molecule has 4 aliphatic rings. The summed E-state index contributed by atoms with van der Waals surface area (Å²) in [4.78, 5) is 17.3. The number of halogens is 1. The van der Waals surface area contributed by atoms with E-state index in [0.29, 0.717) is 43.5 Å². The van der Waals surface area contributed by atoms with Gasteiger partial charge in [-0.2, -0.15) is 4.31 Å². The van der Waals surface area contributed by atoms with Gasteiger partial charge in [0.15, 0.2) is 0 Å². The first kappa shape index (κ1) is 24.3. The van der Waals surface area contributed by atoms with E-state index in [1.807, 2.05) is 0 Å². The lowest BCUT2D eigenvalue weighted by Gasteiger charge is -2.44. The molecule has 2 saturated heterocycles. The first-order chi connectivity index (χ1) is 16.3. The second-order valence-electron chi connectivity index (χ2n) is 10.3. The molecule has 0 spiro atoms. The van der Waals surface area contributed by atoms with Crippen molar-refractivity contribution in [2.45, 2.75) is 61.1 Å². The Morgan fingerprint density at radius 2 is 1.85 bits per heavy atom. The summed E-state index contributed by atoms with van der Waals surface area (Å²) in [6.45, 7) is 3.60. The van der Waals surface area contributed by atoms with Crippen LogP contribution in [0.15, 0.2) is 29.2 Å². The third-order valence-corrected chi connectivity index (χ3v) is 9.79. The van der Waals surface area contributed by atoms with E-state index in [0.717, 1.165) is 38.8 Å². The van der Waals surface area contributed by atoms with Gasteiger partial charge in [0, 0.05) is 30.7 Å². The van der Waals surface area contributed by atoms with Crippen molar-refractivity contribution in [3.8, 4) is 0 Å². The van der Waals surface area contributed by atoms with Gasteiger partial charge < -0.3 is 19.3 Å². The van der Waals surface area contributed by atoms with Crippen molar-refractivity contribution in [2.75, 3.05) is 46.4 Å². The van der Waals surface area contributed by atoms with Crippen LogP contribution in [0.5, 0.6) is 0 Å². The number of likely N-dealkylation sites (N-methyl/N-ethyl adjacent to an activating group) is 1. The summed E-state index contributed by atoms with van der Waals surface area (Å²) in [6.07, 6.45) is 4.85. The molecule has 1 aromatic carbocycles. The van der Waals surface area contributed by atoms with Crippen LogP contribution in [0.25, 0.3) is 0 Å². The average Bonchev–Trinajstić information content (AvgIpc) is 3.71. The molecule has 188 valence electrons. The number of sulfonamides is 1. The van der Waals surface area contributed by atoms with Crippen molar-refractivity contribution in [1.82, 2.24) is 14.1 Å². The maximum atomic E-state index is 13.9. The summed E-state index contributed by atoms with van der Waals surface area (Å²) in [5.41, 5.74) is -0.836. The zero-order valence-corrected chi connectivity index (χ0v) is 21.3. The molecule has 2 saturated carbocycles. The topological polar surface area (TPSA) is 79.4 Å². The number of rotatable bonds is 6. The second-order valence-corrected chi connectivity index (χ2v) is 12.5. The highest BCUT2D eigenvalue weighted by molar-refractivity contribution is 7.89. The van der Waals surface area contributed by atoms with Crippen molar-refractivity contribution in [3.63, 3.8) is 0 Å². The normalized spacial score (nSPS) is 28.4. The Bertz CT molecular complexity index is 996. The largest absolute Gasteiger partial charge is 0.441 e. The molecule has 8 nitrogen and oxygen atoms in total. The third-order valence-electron chi connectivity index (χ3n) is 7.56. The van der Waals surface area contributed by atoms with Gasteiger partial charge in [-0.3, -0.25) is 0 Å². The first-order valence-electron chi connectivity index (χ1n) is 12.3. The zero-order valence-electron chi connectivity index (χ0n) is 19.7.